The summed E-state index contributed by atoms with van der Waals surface area (Å²) in [6.07, 6.45) is -5.23. The van der Waals surface area contributed by atoms with Gasteiger partial charge in [0.2, 0.25) is 0 Å². The zero-order valence-corrected chi connectivity index (χ0v) is 18.1. The maximum absolute atomic E-state index is 15.0. The van der Waals surface area contributed by atoms with Gasteiger partial charge in [0, 0.05) is 11.3 Å². The second-order valence-corrected chi connectivity index (χ2v) is 6.99. The van der Waals surface area contributed by atoms with Crippen molar-refractivity contribution in [2.45, 2.75) is 19.0 Å². The Labute approximate surface area is 189 Å². The van der Waals surface area contributed by atoms with E-state index in [0.29, 0.717) is 12.1 Å². The van der Waals surface area contributed by atoms with Crippen LogP contribution in [0.2, 0.25) is 5.02 Å². The molecule has 1 aromatic carbocycles. The average Bonchev–Trinajstić information content (AvgIpc) is 2.76. The number of dihydropyridines is 1. The number of esters is 3. The van der Waals surface area contributed by atoms with E-state index in [4.69, 9.17) is 16.3 Å². The number of carbonyl (C=O) groups excluding carboxylic acids is 3. The zero-order valence-electron chi connectivity index (χ0n) is 17.4. The second kappa shape index (κ2) is 10.2. The van der Waals surface area contributed by atoms with Crippen molar-refractivity contribution in [1.29, 1.82) is 0 Å². The van der Waals surface area contributed by atoms with Crippen LogP contribution >= 0.6 is 11.6 Å². The quantitative estimate of drug-likeness (QED) is 0.365. The summed E-state index contributed by atoms with van der Waals surface area (Å²) in [5.41, 5.74) is -5.19. The number of hydrogen-bond acceptors (Lipinski definition) is 7. The number of alkyl halides is 4. The smallest absolute Gasteiger partial charge is 0.418 e. The lowest BCUT2D eigenvalue weighted by molar-refractivity contribution is -0.154. The molecule has 0 radical (unpaired) electrons. The molecule has 1 unspecified atom stereocenters. The third-order valence-electron chi connectivity index (χ3n) is 4.67. The fraction of sp³-hybridized carbons (Fsp3) is 0.350. The Morgan fingerprint density at radius 2 is 1.73 bits per heavy atom. The van der Waals surface area contributed by atoms with Gasteiger partial charge in [0.25, 0.3) is 0 Å². The van der Waals surface area contributed by atoms with E-state index in [-0.39, 0.29) is 5.70 Å². The molecule has 0 aromatic heterocycles. The lowest BCUT2D eigenvalue weighted by Crippen LogP contribution is -2.35. The molecule has 33 heavy (non-hydrogen) atoms. The van der Waals surface area contributed by atoms with E-state index >= 15 is 0 Å². The van der Waals surface area contributed by atoms with Crippen LogP contribution in [-0.2, 0) is 34.8 Å². The summed E-state index contributed by atoms with van der Waals surface area (Å²) in [7, 11) is 1.86. The minimum atomic E-state index is -5.23. The van der Waals surface area contributed by atoms with Gasteiger partial charge < -0.3 is 19.5 Å². The van der Waals surface area contributed by atoms with Gasteiger partial charge in [-0.15, -0.1) is 0 Å². The average molecular weight is 498 g/mol. The molecule has 2 rings (SSSR count). The molecule has 1 aromatic rings. The monoisotopic (exact) mass is 497 g/mol. The number of allylic oxidation sites excluding steroid dienone is 2. The molecule has 0 aliphatic carbocycles. The molecule has 180 valence electrons. The maximum Gasteiger partial charge on any atom is 0.418 e. The minimum Gasteiger partial charge on any atom is -0.466 e. The van der Waals surface area contributed by atoms with Crippen molar-refractivity contribution in [2.24, 2.45) is 0 Å². The van der Waals surface area contributed by atoms with Crippen molar-refractivity contribution in [3.8, 4) is 0 Å². The Kier molecular flexibility index (Phi) is 8.06. The van der Waals surface area contributed by atoms with E-state index in [9.17, 15) is 36.3 Å². The first kappa shape index (κ1) is 26.1. The number of ether oxygens (including phenoxy) is 3. The van der Waals surface area contributed by atoms with Crippen LogP contribution in [0.5, 0.6) is 0 Å². The molecule has 1 aliphatic heterocycles. The topological polar surface area (TPSA) is 90.9 Å². The molecule has 0 saturated heterocycles. The summed E-state index contributed by atoms with van der Waals surface area (Å²) >= 11 is 5.72. The van der Waals surface area contributed by atoms with Crippen LogP contribution in [0.15, 0.2) is 34.7 Å². The number of halogens is 6. The lowest BCUT2D eigenvalue weighted by atomic mass is 9.78. The third-order valence-corrected chi connectivity index (χ3v) is 4.98. The van der Waals surface area contributed by atoms with Gasteiger partial charge in [0.1, 0.15) is 12.5 Å². The van der Waals surface area contributed by atoms with E-state index in [1.54, 1.807) is 0 Å². The Morgan fingerprint density at radius 1 is 1.09 bits per heavy atom. The third kappa shape index (κ3) is 5.27. The Bertz CT molecular complexity index is 1050. The molecule has 7 nitrogen and oxygen atoms in total. The highest BCUT2D eigenvalue weighted by atomic mass is 35.5. The highest BCUT2D eigenvalue weighted by molar-refractivity contribution is 6.31. The molecule has 1 atom stereocenters. The van der Waals surface area contributed by atoms with Crippen LogP contribution in [-0.4, -0.2) is 45.4 Å². The van der Waals surface area contributed by atoms with Crippen LogP contribution in [0.3, 0.4) is 0 Å². The molecule has 1 N–H and O–H groups in total. The number of carbonyl (C=O) groups is 3. The van der Waals surface area contributed by atoms with E-state index in [2.05, 4.69) is 14.8 Å². The van der Waals surface area contributed by atoms with Crippen molar-refractivity contribution in [3.63, 3.8) is 0 Å². The molecule has 13 heteroatoms. The molecular formula is C20H17ClF5NO6. The summed E-state index contributed by atoms with van der Waals surface area (Å²) in [5.74, 6) is -7.34. The SMILES string of the molecule is COC(=O)COC(=O)C1=C(C)NC(CF)=C(C(=O)OC)C1c1c(F)ccc(Cl)c1C(F)(F)F. The number of hydrogen-bond donors (Lipinski definition) is 1. The summed E-state index contributed by atoms with van der Waals surface area (Å²) in [6.45, 7) is -1.16. The Morgan fingerprint density at radius 3 is 2.24 bits per heavy atom. The van der Waals surface area contributed by atoms with Gasteiger partial charge in [0.05, 0.1) is 47.6 Å². The standard InChI is InChI=1S/C20H17ClF5NO6/c1-8-13(19(30)33-7-12(28)31-2)16(15(18(29)32-3)11(6-22)27-8)14-10(23)5-4-9(21)17(14)20(24,25)26/h4-5,16,27H,6-7H2,1-3H3. The molecule has 0 saturated carbocycles. The van der Waals surface area contributed by atoms with Crippen molar-refractivity contribution < 1.29 is 50.5 Å². The van der Waals surface area contributed by atoms with Crippen LogP contribution in [0.25, 0.3) is 0 Å². The first-order valence-electron chi connectivity index (χ1n) is 9.03. The fourth-order valence-electron chi connectivity index (χ4n) is 3.31. The lowest BCUT2D eigenvalue weighted by Gasteiger charge is -2.32. The molecule has 1 aliphatic rings. The van der Waals surface area contributed by atoms with Crippen LogP contribution < -0.4 is 5.32 Å². The number of benzene rings is 1. The zero-order chi connectivity index (χ0) is 25.1. The van der Waals surface area contributed by atoms with Crippen molar-refractivity contribution in [2.75, 3.05) is 27.5 Å². The van der Waals surface area contributed by atoms with Gasteiger partial charge in [-0.2, -0.15) is 13.2 Å². The van der Waals surface area contributed by atoms with Gasteiger partial charge in [0.15, 0.2) is 6.61 Å². The van der Waals surface area contributed by atoms with Gasteiger partial charge in [-0.05, 0) is 19.1 Å². The predicted octanol–water partition coefficient (Wildman–Crippen LogP) is 3.57. The van der Waals surface area contributed by atoms with E-state index in [1.807, 2.05) is 0 Å². The largest absolute Gasteiger partial charge is 0.466 e. The molecule has 0 fully saturated rings. The maximum atomic E-state index is 15.0. The first-order valence-corrected chi connectivity index (χ1v) is 9.40. The molecule has 0 amide bonds. The summed E-state index contributed by atoms with van der Waals surface area (Å²) in [6, 6.07) is 1.25. The van der Waals surface area contributed by atoms with E-state index in [1.165, 1.54) is 6.92 Å². The van der Waals surface area contributed by atoms with E-state index < -0.39 is 82.1 Å². The number of rotatable bonds is 6. The van der Waals surface area contributed by atoms with E-state index in [0.717, 1.165) is 14.2 Å². The van der Waals surface area contributed by atoms with Crippen LogP contribution in [0, 0.1) is 5.82 Å². The summed E-state index contributed by atoms with van der Waals surface area (Å²) < 4.78 is 84.0. The minimum absolute atomic E-state index is 0.248. The summed E-state index contributed by atoms with van der Waals surface area (Å²) in [5, 5.41) is 1.46. The van der Waals surface area contributed by atoms with Gasteiger partial charge in [-0.3, -0.25) is 0 Å². The number of methoxy groups -OCH3 is 2. The molecule has 1 heterocycles. The van der Waals surface area contributed by atoms with Gasteiger partial charge in [-0.1, -0.05) is 11.6 Å². The van der Waals surface area contributed by atoms with Gasteiger partial charge >= 0.3 is 24.1 Å². The Balaban J connectivity index is 2.89. The summed E-state index contributed by atoms with van der Waals surface area (Å²) in [4.78, 5) is 36.6. The molecule has 0 bridgehead atoms. The fourth-order valence-corrected chi connectivity index (χ4v) is 3.58. The van der Waals surface area contributed by atoms with Crippen molar-refractivity contribution in [3.05, 3.63) is 56.6 Å². The van der Waals surface area contributed by atoms with Crippen LogP contribution in [0.4, 0.5) is 22.0 Å². The first-order chi connectivity index (χ1) is 15.4. The highest BCUT2D eigenvalue weighted by Gasteiger charge is 2.46. The highest BCUT2D eigenvalue weighted by Crippen LogP contribution is 2.47. The Hall–Kier alpha value is -3.15. The van der Waals surface area contributed by atoms with Crippen LogP contribution in [0.1, 0.15) is 24.0 Å². The van der Waals surface area contributed by atoms with Crippen molar-refractivity contribution in [1.82, 2.24) is 5.32 Å². The number of nitrogens with one attached hydrogen (secondary N) is 1. The molecule has 0 spiro atoms. The normalized spacial score (nSPS) is 16.3. The predicted molar refractivity (Wildman–Crippen MR) is 103 cm³/mol. The van der Waals surface area contributed by atoms with Gasteiger partial charge in [-0.25, -0.2) is 23.2 Å². The second-order valence-electron chi connectivity index (χ2n) is 6.58. The molecular weight excluding hydrogens is 481 g/mol. The van der Waals surface area contributed by atoms with Crippen molar-refractivity contribution >= 4 is 29.5 Å².